The zero-order valence-corrected chi connectivity index (χ0v) is 14.2. The minimum absolute atomic E-state index is 0.202. The first-order chi connectivity index (χ1) is 12.7. The fourth-order valence-electron chi connectivity index (χ4n) is 2.28. The minimum atomic E-state index is -0.671. The molecule has 0 fully saturated rings. The first-order valence-electron chi connectivity index (χ1n) is 7.71. The number of methoxy groups -OCH3 is 2. The van der Waals surface area contributed by atoms with Crippen LogP contribution in [0.15, 0.2) is 60.7 Å². The van der Waals surface area contributed by atoms with Crippen LogP contribution < -0.4 is 14.4 Å². The van der Waals surface area contributed by atoms with E-state index in [0.717, 1.165) is 11.1 Å². The number of hydrogen-bond acceptors (Lipinski definition) is 7. The molecule has 0 unspecified atom stereocenters. The molecule has 0 aliphatic carbocycles. The Kier molecular flexibility index (Phi) is 5.28. The number of rotatable bonds is 6. The largest absolute Gasteiger partial charge is 0.481 e. The van der Waals surface area contributed by atoms with E-state index in [1.54, 1.807) is 12.1 Å². The van der Waals surface area contributed by atoms with Crippen LogP contribution in [0.5, 0.6) is 17.8 Å². The summed E-state index contributed by atoms with van der Waals surface area (Å²) in [4.78, 5) is 30.2. The number of ether oxygens (including phenoxy) is 2. The first kappa shape index (κ1) is 17.2. The van der Waals surface area contributed by atoms with E-state index in [9.17, 15) is 4.79 Å². The molecule has 7 nitrogen and oxygen atoms in total. The van der Waals surface area contributed by atoms with E-state index >= 15 is 0 Å². The van der Waals surface area contributed by atoms with Crippen molar-refractivity contribution in [2.24, 2.45) is 0 Å². The maximum atomic E-state index is 12.5. The first-order valence-corrected chi connectivity index (χ1v) is 7.71. The van der Waals surface area contributed by atoms with Gasteiger partial charge in [0.2, 0.25) is 11.8 Å². The van der Waals surface area contributed by atoms with E-state index in [0.29, 0.717) is 5.56 Å². The maximum absolute atomic E-state index is 12.5. The van der Waals surface area contributed by atoms with Gasteiger partial charge in [0, 0.05) is 0 Å². The van der Waals surface area contributed by atoms with Crippen molar-refractivity contribution in [3.8, 4) is 28.9 Å². The molecule has 0 amide bonds. The van der Waals surface area contributed by atoms with Crippen LogP contribution in [0.25, 0.3) is 11.1 Å². The summed E-state index contributed by atoms with van der Waals surface area (Å²) in [6.07, 6.45) is 0. The topological polar surface area (TPSA) is 79.8 Å². The molecule has 7 heteroatoms. The Labute approximate surface area is 150 Å². The summed E-state index contributed by atoms with van der Waals surface area (Å²) >= 11 is 0. The SMILES string of the molecule is COc1cc(OC)nc(OOC(=O)c2ccccc2-c2ccccc2)n1. The summed E-state index contributed by atoms with van der Waals surface area (Å²) in [5, 5.41) is 0. The van der Waals surface area contributed by atoms with Crippen molar-refractivity contribution in [2.45, 2.75) is 0 Å². The highest BCUT2D eigenvalue weighted by molar-refractivity contribution is 5.97. The lowest BCUT2D eigenvalue weighted by molar-refractivity contribution is -0.156. The monoisotopic (exact) mass is 352 g/mol. The molecule has 26 heavy (non-hydrogen) atoms. The molecular weight excluding hydrogens is 336 g/mol. The van der Waals surface area contributed by atoms with E-state index in [4.69, 9.17) is 19.2 Å². The van der Waals surface area contributed by atoms with Gasteiger partial charge in [-0.3, -0.25) is 0 Å². The molecular formula is C19H16N2O5. The van der Waals surface area contributed by atoms with Crippen molar-refractivity contribution >= 4 is 5.97 Å². The van der Waals surface area contributed by atoms with Gasteiger partial charge in [0.1, 0.15) is 0 Å². The van der Waals surface area contributed by atoms with Crippen molar-refractivity contribution in [2.75, 3.05) is 14.2 Å². The molecule has 0 radical (unpaired) electrons. The molecule has 0 saturated heterocycles. The summed E-state index contributed by atoms with van der Waals surface area (Å²) in [5.74, 6) is -0.241. The second-order valence-corrected chi connectivity index (χ2v) is 5.10. The third-order valence-electron chi connectivity index (χ3n) is 3.50. The van der Waals surface area contributed by atoms with Crippen LogP contribution in [0, 0.1) is 0 Å². The third kappa shape index (κ3) is 3.89. The van der Waals surface area contributed by atoms with E-state index in [1.165, 1.54) is 20.3 Å². The smallest absolute Gasteiger partial charge is 0.386 e. The molecule has 0 aliphatic rings. The standard InChI is InChI=1S/C19H16N2O5/c1-23-16-12-17(24-2)21-19(20-16)26-25-18(22)15-11-7-6-10-14(15)13-8-4-3-5-9-13/h3-12H,1-2H3. The van der Waals surface area contributed by atoms with Gasteiger partial charge in [-0.05, 0) is 17.2 Å². The van der Waals surface area contributed by atoms with Gasteiger partial charge in [-0.25, -0.2) is 14.6 Å². The summed E-state index contributed by atoms with van der Waals surface area (Å²) in [6, 6.07) is 17.8. The number of hydrogen-bond donors (Lipinski definition) is 0. The van der Waals surface area contributed by atoms with Gasteiger partial charge in [-0.15, -0.1) is 0 Å². The fraction of sp³-hybridized carbons (Fsp3) is 0.105. The van der Waals surface area contributed by atoms with Gasteiger partial charge >= 0.3 is 12.0 Å². The number of carbonyl (C=O) groups is 1. The van der Waals surface area contributed by atoms with E-state index < -0.39 is 5.97 Å². The highest BCUT2D eigenvalue weighted by Gasteiger charge is 2.17. The molecule has 2 aromatic carbocycles. The van der Waals surface area contributed by atoms with E-state index in [2.05, 4.69) is 9.97 Å². The lowest BCUT2D eigenvalue weighted by Gasteiger charge is -2.09. The van der Waals surface area contributed by atoms with Crippen molar-refractivity contribution in [3.05, 3.63) is 66.2 Å². The maximum Gasteiger partial charge on any atom is 0.386 e. The average Bonchev–Trinajstić information content (AvgIpc) is 2.72. The van der Waals surface area contributed by atoms with Crippen LogP contribution in [0.2, 0.25) is 0 Å². The van der Waals surface area contributed by atoms with Crippen LogP contribution >= 0.6 is 0 Å². The predicted molar refractivity (Wildman–Crippen MR) is 93.1 cm³/mol. The fourth-order valence-corrected chi connectivity index (χ4v) is 2.28. The zero-order chi connectivity index (χ0) is 18.4. The Morgan fingerprint density at radius 1 is 0.846 bits per heavy atom. The summed E-state index contributed by atoms with van der Waals surface area (Å²) in [7, 11) is 2.88. The molecule has 1 aromatic heterocycles. The molecule has 0 aliphatic heterocycles. The zero-order valence-electron chi connectivity index (χ0n) is 14.2. The normalized spacial score (nSPS) is 10.1. The van der Waals surface area contributed by atoms with Crippen LogP contribution in [-0.2, 0) is 4.89 Å². The molecule has 0 spiro atoms. The van der Waals surface area contributed by atoms with Gasteiger partial charge in [0.05, 0.1) is 25.8 Å². The molecule has 0 atom stereocenters. The molecule has 3 aromatic rings. The molecule has 0 saturated carbocycles. The van der Waals surface area contributed by atoms with E-state index in [-0.39, 0.29) is 17.8 Å². The third-order valence-corrected chi connectivity index (χ3v) is 3.50. The van der Waals surface area contributed by atoms with Crippen LogP contribution in [0.1, 0.15) is 10.4 Å². The van der Waals surface area contributed by atoms with Crippen molar-refractivity contribution in [3.63, 3.8) is 0 Å². The summed E-state index contributed by atoms with van der Waals surface area (Å²) in [5.41, 5.74) is 1.97. The number of nitrogens with zero attached hydrogens (tertiary/aromatic N) is 2. The van der Waals surface area contributed by atoms with Gasteiger partial charge in [-0.2, -0.15) is 9.97 Å². The van der Waals surface area contributed by atoms with Crippen molar-refractivity contribution in [1.29, 1.82) is 0 Å². The lowest BCUT2D eigenvalue weighted by atomic mass is 10.00. The molecule has 0 N–H and O–H groups in total. The molecule has 1 heterocycles. The summed E-state index contributed by atoms with van der Waals surface area (Å²) < 4.78 is 10.0. The van der Waals surface area contributed by atoms with Crippen molar-refractivity contribution < 1.29 is 24.0 Å². The molecule has 132 valence electrons. The minimum Gasteiger partial charge on any atom is -0.481 e. The van der Waals surface area contributed by atoms with Crippen LogP contribution in [0.4, 0.5) is 0 Å². The van der Waals surface area contributed by atoms with Gasteiger partial charge in [0.15, 0.2) is 0 Å². The molecule has 0 bridgehead atoms. The Morgan fingerprint density at radius 2 is 1.46 bits per heavy atom. The number of benzene rings is 2. The number of carbonyl (C=O) groups excluding carboxylic acids is 1. The number of aromatic nitrogens is 2. The highest BCUT2D eigenvalue weighted by atomic mass is 17.2. The van der Waals surface area contributed by atoms with E-state index in [1.807, 2.05) is 42.5 Å². The van der Waals surface area contributed by atoms with Crippen molar-refractivity contribution in [1.82, 2.24) is 9.97 Å². The highest BCUT2D eigenvalue weighted by Crippen LogP contribution is 2.24. The molecule has 3 rings (SSSR count). The second kappa shape index (κ2) is 7.98. The van der Waals surface area contributed by atoms with Crippen LogP contribution in [-0.4, -0.2) is 30.2 Å². The predicted octanol–water partition coefficient (Wildman–Crippen LogP) is 3.31. The lowest BCUT2D eigenvalue weighted by Crippen LogP contribution is -2.11. The average molecular weight is 352 g/mol. The van der Waals surface area contributed by atoms with Gasteiger partial charge in [-0.1, -0.05) is 48.5 Å². The quantitative estimate of drug-likeness (QED) is 0.497. The Morgan fingerprint density at radius 3 is 2.12 bits per heavy atom. The Hall–Kier alpha value is -3.61. The summed E-state index contributed by atoms with van der Waals surface area (Å²) in [6.45, 7) is 0. The van der Waals surface area contributed by atoms with Gasteiger partial charge in [0.25, 0.3) is 0 Å². The Bertz CT molecular complexity index is 877. The van der Waals surface area contributed by atoms with Gasteiger partial charge < -0.3 is 9.47 Å². The van der Waals surface area contributed by atoms with Crippen LogP contribution in [0.3, 0.4) is 0 Å². The Balaban J connectivity index is 1.80. The second-order valence-electron chi connectivity index (χ2n) is 5.10.